The highest BCUT2D eigenvalue weighted by molar-refractivity contribution is 5.76. The molecule has 5 heteroatoms. The molecule has 0 bridgehead atoms. The second-order valence-electron chi connectivity index (χ2n) is 4.56. The van der Waals surface area contributed by atoms with Crippen molar-refractivity contribution < 1.29 is 13.9 Å². The number of hydrogen-bond acceptors (Lipinski definition) is 4. The van der Waals surface area contributed by atoms with Crippen LogP contribution in [0.15, 0.2) is 18.2 Å². The summed E-state index contributed by atoms with van der Waals surface area (Å²) >= 11 is 0. The number of halogens is 1. The highest BCUT2D eigenvalue weighted by Crippen LogP contribution is 2.22. The van der Waals surface area contributed by atoms with Crippen molar-refractivity contribution in [2.45, 2.75) is 25.4 Å². The Morgan fingerprint density at radius 1 is 1.63 bits per heavy atom. The summed E-state index contributed by atoms with van der Waals surface area (Å²) < 4.78 is 18.0. The molecular formula is C14H15FN2O2. The lowest BCUT2D eigenvalue weighted by molar-refractivity contribution is -0.146. The number of nitriles is 1. The number of rotatable bonds is 3. The van der Waals surface area contributed by atoms with Crippen LogP contribution in [0.3, 0.4) is 0 Å². The van der Waals surface area contributed by atoms with Crippen molar-refractivity contribution in [1.82, 2.24) is 4.90 Å². The van der Waals surface area contributed by atoms with Gasteiger partial charge in [-0.3, -0.25) is 9.69 Å². The molecule has 1 aliphatic heterocycles. The first-order chi connectivity index (χ1) is 9.15. The van der Waals surface area contributed by atoms with E-state index in [1.807, 2.05) is 11.0 Å². The molecule has 0 aliphatic carbocycles. The fourth-order valence-electron chi connectivity index (χ4n) is 2.44. The largest absolute Gasteiger partial charge is 0.468 e. The minimum atomic E-state index is -0.372. The van der Waals surface area contributed by atoms with Crippen LogP contribution in [-0.4, -0.2) is 30.6 Å². The topological polar surface area (TPSA) is 53.3 Å². The van der Waals surface area contributed by atoms with E-state index in [-0.39, 0.29) is 17.8 Å². The number of nitrogens with zero attached hydrogens (tertiary/aromatic N) is 2. The summed E-state index contributed by atoms with van der Waals surface area (Å²) in [6.07, 6.45) is 1.64. The molecule has 1 aromatic rings. The van der Waals surface area contributed by atoms with Crippen molar-refractivity contribution in [3.05, 3.63) is 35.1 Å². The van der Waals surface area contributed by atoms with Crippen LogP contribution in [0.2, 0.25) is 0 Å². The van der Waals surface area contributed by atoms with Crippen molar-refractivity contribution in [3.8, 4) is 6.07 Å². The zero-order valence-electron chi connectivity index (χ0n) is 10.7. The smallest absolute Gasteiger partial charge is 0.323 e. The number of carbonyl (C=O) groups excluding carboxylic acids is 1. The molecule has 2 rings (SSSR count). The number of carbonyl (C=O) groups is 1. The van der Waals surface area contributed by atoms with Gasteiger partial charge in [0.25, 0.3) is 0 Å². The Labute approximate surface area is 111 Å². The molecule has 1 unspecified atom stereocenters. The summed E-state index contributed by atoms with van der Waals surface area (Å²) in [6, 6.07) is 5.84. The van der Waals surface area contributed by atoms with E-state index in [1.54, 1.807) is 0 Å². The Kier molecular flexibility index (Phi) is 4.13. The van der Waals surface area contributed by atoms with Gasteiger partial charge >= 0.3 is 5.97 Å². The third kappa shape index (κ3) is 2.91. The van der Waals surface area contributed by atoms with Crippen LogP contribution in [0.25, 0.3) is 0 Å². The van der Waals surface area contributed by atoms with E-state index in [0.717, 1.165) is 19.4 Å². The lowest BCUT2D eigenvalue weighted by Crippen LogP contribution is -2.36. The van der Waals surface area contributed by atoms with Gasteiger partial charge in [-0.1, -0.05) is 0 Å². The Bertz CT molecular complexity index is 525. The normalized spacial score (nSPS) is 19.1. The molecule has 1 atom stereocenters. The second-order valence-corrected chi connectivity index (χ2v) is 4.56. The molecule has 1 fully saturated rings. The standard InChI is InChI=1S/C14H15FN2O2/c1-19-14(18)13-3-2-6-17(13)9-11-7-12(15)5-4-10(11)8-16/h4-5,7,13H,2-3,6,9H2,1H3. The molecule has 1 saturated heterocycles. The average molecular weight is 262 g/mol. The maximum Gasteiger partial charge on any atom is 0.323 e. The molecule has 0 spiro atoms. The van der Waals surface area contributed by atoms with Gasteiger partial charge in [0, 0.05) is 6.54 Å². The number of likely N-dealkylation sites (tertiary alicyclic amines) is 1. The highest BCUT2D eigenvalue weighted by Gasteiger charge is 2.31. The molecule has 4 nitrogen and oxygen atoms in total. The van der Waals surface area contributed by atoms with Gasteiger partial charge in [-0.15, -0.1) is 0 Å². The Morgan fingerprint density at radius 2 is 2.42 bits per heavy atom. The van der Waals surface area contributed by atoms with Crippen LogP contribution < -0.4 is 0 Å². The van der Waals surface area contributed by atoms with E-state index in [0.29, 0.717) is 17.7 Å². The predicted octanol–water partition coefficient (Wildman–Crippen LogP) is 1.83. The number of ether oxygens (including phenoxy) is 1. The summed E-state index contributed by atoms with van der Waals surface area (Å²) in [7, 11) is 1.36. The number of hydrogen-bond donors (Lipinski definition) is 0. The van der Waals surface area contributed by atoms with Gasteiger partial charge in [0.15, 0.2) is 0 Å². The molecule has 100 valence electrons. The molecule has 0 radical (unpaired) electrons. The van der Waals surface area contributed by atoms with E-state index in [2.05, 4.69) is 0 Å². The first kappa shape index (κ1) is 13.5. The van der Waals surface area contributed by atoms with Crippen molar-refractivity contribution >= 4 is 5.97 Å². The van der Waals surface area contributed by atoms with E-state index in [4.69, 9.17) is 10.00 Å². The summed E-state index contributed by atoms with van der Waals surface area (Å²) in [5.74, 6) is -0.643. The lowest BCUT2D eigenvalue weighted by atomic mass is 10.1. The monoisotopic (exact) mass is 262 g/mol. The predicted molar refractivity (Wildman–Crippen MR) is 66.6 cm³/mol. The Morgan fingerprint density at radius 3 is 3.11 bits per heavy atom. The third-order valence-electron chi connectivity index (χ3n) is 3.40. The molecule has 0 amide bonds. The van der Waals surface area contributed by atoms with Crippen molar-refractivity contribution in [3.63, 3.8) is 0 Å². The fraction of sp³-hybridized carbons (Fsp3) is 0.429. The van der Waals surface area contributed by atoms with Crippen LogP contribution >= 0.6 is 0 Å². The maximum absolute atomic E-state index is 13.3. The quantitative estimate of drug-likeness (QED) is 0.780. The van der Waals surface area contributed by atoms with Gasteiger partial charge in [0.2, 0.25) is 0 Å². The average Bonchev–Trinajstić information content (AvgIpc) is 2.86. The van der Waals surface area contributed by atoms with Crippen LogP contribution in [0, 0.1) is 17.1 Å². The molecule has 0 N–H and O–H groups in total. The van der Waals surface area contributed by atoms with Gasteiger partial charge in [-0.2, -0.15) is 5.26 Å². The number of benzene rings is 1. The molecular weight excluding hydrogens is 247 g/mol. The van der Waals surface area contributed by atoms with Gasteiger partial charge < -0.3 is 4.74 Å². The molecule has 1 aromatic carbocycles. The number of methoxy groups -OCH3 is 1. The molecule has 19 heavy (non-hydrogen) atoms. The van der Waals surface area contributed by atoms with Crippen LogP contribution in [0.5, 0.6) is 0 Å². The molecule has 0 aromatic heterocycles. The minimum Gasteiger partial charge on any atom is -0.468 e. The van der Waals surface area contributed by atoms with Crippen molar-refractivity contribution in [2.24, 2.45) is 0 Å². The molecule has 0 saturated carbocycles. The minimum absolute atomic E-state index is 0.271. The van der Waals surface area contributed by atoms with E-state index in [9.17, 15) is 9.18 Å². The van der Waals surface area contributed by atoms with Crippen molar-refractivity contribution in [1.29, 1.82) is 5.26 Å². The van der Waals surface area contributed by atoms with Gasteiger partial charge in [-0.25, -0.2) is 4.39 Å². The SMILES string of the molecule is COC(=O)C1CCCN1Cc1cc(F)ccc1C#N. The van der Waals surface area contributed by atoms with E-state index in [1.165, 1.54) is 25.3 Å². The van der Waals surface area contributed by atoms with E-state index >= 15 is 0 Å². The van der Waals surface area contributed by atoms with Gasteiger partial charge in [0.05, 0.1) is 18.7 Å². The summed E-state index contributed by atoms with van der Waals surface area (Å²) in [6.45, 7) is 1.14. The van der Waals surface area contributed by atoms with Gasteiger partial charge in [-0.05, 0) is 43.1 Å². The van der Waals surface area contributed by atoms with Crippen LogP contribution in [0.1, 0.15) is 24.0 Å². The Hall–Kier alpha value is -1.93. The maximum atomic E-state index is 13.3. The van der Waals surface area contributed by atoms with Crippen molar-refractivity contribution in [2.75, 3.05) is 13.7 Å². The number of esters is 1. The molecule has 1 heterocycles. The third-order valence-corrected chi connectivity index (χ3v) is 3.40. The molecule has 1 aliphatic rings. The Balaban J connectivity index is 2.19. The van der Waals surface area contributed by atoms with Gasteiger partial charge in [0.1, 0.15) is 11.9 Å². The lowest BCUT2D eigenvalue weighted by Gasteiger charge is -2.22. The first-order valence-electron chi connectivity index (χ1n) is 6.16. The highest BCUT2D eigenvalue weighted by atomic mass is 19.1. The van der Waals surface area contributed by atoms with E-state index < -0.39 is 0 Å². The van der Waals surface area contributed by atoms with Crippen LogP contribution in [-0.2, 0) is 16.1 Å². The first-order valence-corrected chi connectivity index (χ1v) is 6.16. The van der Waals surface area contributed by atoms with Crippen LogP contribution in [0.4, 0.5) is 4.39 Å². The zero-order valence-corrected chi connectivity index (χ0v) is 10.7. The second kappa shape index (κ2) is 5.81. The summed E-state index contributed by atoms with van der Waals surface area (Å²) in [5.41, 5.74) is 1.05. The summed E-state index contributed by atoms with van der Waals surface area (Å²) in [5, 5.41) is 9.02. The fourth-order valence-corrected chi connectivity index (χ4v) is 2.44. The zero-order chi connectivity index (χ0) is 13.8. The summed E-state index contributed by atoms with van der Waals surface area (Å²) in [4.78, 5) is 13.6.